The summed E-state index contributed by atoms with van der Waals surface area (Å²) < 4.78 is 0.733. The van der Waals surface area contributed by atoms with E-state index in [0.29, 0.717) is 5.69 Å². The molecule has 16 heavy (non-hydrogen) atoms. The third-order valence-electron chi connectivity index (χ3n) is 2.55. The van der Waals surface area contributed by atoms with Crippen LogP contribution in [0.25, 0.3) is 0 Å². The van der Waals surface area contributed by atoms with Crippen molar-refractivity contribution in [2.24, 2.45) is 11.7 Å². The topological polar surface area (TPSA) is 68.0 Å². The second-order valence-corrected chi connectivity index (χ2v) is 4.58. The molecule has 2 atom stereocenters. The molecule has 88 valence electrons. The van der Waals surface area contributed by atoms with E-state index in [1.54, 1.807) is 18.3 Å². The second-order valence-electron chi connectivity index (χ2n) is 3.77. The third kappa shape index (κ3) is 3.57. The average molecular weight is 286 g/mol. The number of nitrogens with one attached hydrogen (secondary N) is 1. The van der Waals surface area contributed by atoms with Crippen LogP contribution in [0.3, 0.4) is 0 Å². The zero-order chi connectivity index (χ0) is 12.1. The molecule has 0 aliphatic rings. The Labute approximate surface area is 104 Å². The lowest BCUT2D eigenvalue weighted by Crippen LogP contribution is -2.40. The van der Waals surface area contributed by atoms with Gasteiger partial charge in [0.2, 0.25) is 5.91 Å². The molecule has 3 N–H and O–H groups in total. The van der Waals surface area contributed by atoms with Gasteiger partial charge in [0.1, 0.15) is 4.60 Å². The van der Waals surface area contributed by atoms with Crippen LogP contribution in [-0.2, 0) is 4.79 Å². The molecule has 4 nitrogen and oxygen atoms in total. The molecular weight excluding hydrogens is 270 g/mol. The van der Waals surface area contributed by atoms with E-state index in [9.17, 15) is 4.79 Å². The number of aromatic nitrogens is 1. The van der Waals surface area contributed by atoms with Crippen LogP contribution < -0.4 is 11.1 Å². The first kappa shape index (κ1) is 13.1. The van der Waals surface area contributed by atoms with Gasteiger partial charge in [0.15, 0.2) is 0 Å². The predicted molar refractivity (Wildman–Crippen MR) is 68.0 cm³/mol. The summed E-state index contributed by atoms with van der Waals surface area (Å²) in [5, 5.41) is 2.74. The van der Waals surface area contributed by atoms with Crippen LogP contribution in [0.4, 0.5) is 5.69 Å². The Morgan fingerprint density at radius 1 is 1.62 bits per heavy atom. The largest absolute Gasteiger partial charge is 0.323 e. The van der Waals surface area contributed by atoms with Crippen LogP contribution >= 0.6 is 15.9 Å². The van der Waals surface area contributed by atoms with Gasteiger partial charge in [-0.3, -0.25) is 4.79 Å². The summed E-state index contributed by atoms with van der Waals surface area (Å²) in [5.74, 6) is 0.00174. The van der Waals surface area contributed by atoms with Crippen LogP contribution in [-0.4, -0.2) is 16.9 Å². The standard InChI is InChI=1S/C11H16BrN3O/c1-3-7(2)10(13)11(16)15-8-4-5-9(12)14-6-8/h4-7,10H,3,13H2,1-2H3,(H,15,16)/t7-,10-/m0/s1. The van der Waals surface area contributed by atoms with Gasteiger partial charge in [-0.15, -0.1) is 0 Å². The van der Waals surface area contributed by atoms with E-state index in [0.717, 1.165) is 11.0 Å². The first-order valence-electron chi connectivity index (χ1n) is 5.22. The van der Waals surface area contributed by atoms with E-state index < -0.39 is 6.04 Å². The molecule has 0 aliphatic heterocycles. The van der Waals surface area contributed by atoms with E-state index in [1.807, 2.05) is 13.8 Å². The molecule has 0 saturated heterocycles. The Bertz CT molecular complexity index is 353. The molecule has 0 aliphatic carbocycles. The number of hydrogen-bond acceptors (Lipinski definition) is 3. The summed E-state index contributed by atoms with van der Waals surface area (Å²) in [6.45, 7) is 3.98. The second kappa shape index (κ2) is 5.96. The highest BCUT2D eigenvalue weighted by molar-refractivity contribution is 9.10. The van der Waals surface area contributed by atoms with E-state index in [1.165, 1.54) is 0 Å². The lowest BCUT2D eigenvalue weighted by molar-refractivity contribution is -0.118. The number of hydrogen-bond donors (Lipinski definition) is 2. The molecule has 1 aromatic heterocycles. The Hall–Kier alpha value is -0.940. The van der Waals surface area contributed by atoms with Crippen molar-refractivity contribution in [2.75, 3.05) is 5.32 Å². The van der Waals surface area contributed by atoms with E-state index in [-0.39, 0.29) is 11.8 Å². The smallest absolute Gasteiger partial charge is 0.241 e. The summed E-state index contributed by atoms with van der Waals surface area (Å²) in [4.78, 5) is 15.7. The highest BCUT2D eigenvalue weighted by atomic mass is 79.9. The quantitative estimate of drug-likeness (QED) is 0.833. The number of nitrogens with two attached hydrogens (primary N) is 1. The molecule has 1 rings (SSSR count). The van der Waals surface area contributed by atoms with Gasteiger partial charge in [-0.05, 0) is 34.0 Å². The SMILES string of the molecule is CC[C@H](C)[C@H](N)C(=O)Nc1ccc(Br)nc1. The van der Waals surface area contributed by atoms with Crippen molar-refractivity contribution in [2.45, 2.75) is 26.3 Å². The fourth-order valence-electron chi connectivity index (χ4n) is 1.19. The first-order valence-corrected chi connectivity index (χ1v) is 6.02. The molecule has 1 amide bonds. The number of rotatable bonds is 4. The van der Waals surface area contributed by atoms with Crippen LogP contribution in [0.5, 0.6) is 0 Å². The molecule has 0 unspecified atom stereocenters. The molecule has 1 aromatic rings. The van der Waals surface area contributed by atoms with Gasteiger partial charge in [0, 0.05) is 0 Å². The summed E-state index contributed by atoms with van der Waals surface area (Å²) in [6, 6.07) is 3.07. The lowest BCUT2D eigenvalue weighted by Gasteiger charge is -2.17. The van der Waals surface area contributed by atoms with Gasteiger partial charge in [-0.2, -0.15) is 0 Å². The normalized spacial score (nSPS) is 14.2. The zero-order valence-corrected chi connectivity index (χ0v) is 11.0. The maximum Gasteiger partial charge on any atom is 0.241 e. The minimum absolute atomic E-state index is 0.168. The summed E-state index contributed by atoms with van der Waals surface area (Å²) in [6.07, 6.45) is 2.47. The zero-order valence-electron chi connectivity index (χ0n) is 9.40. The van der Waals surface area contributed by atoms with Gasteiger partial charge in [-0.1, -0.05) is 20.3 Å². The van der Waals surface area contributed by atoms with Gasteiger partial charge >= 0.3 is 0 Å². The number of anilines is 1. The molecule has 0 saturated carbocycles. The first-order chi connectivity index (χ1) is 7.54. The molecule has 0 bridgehead atoms. The van der Waals surface area contributed by atoms with Crippen LogP contribution in [0.15, 0.2) is 22.9 Å². The third-order valence-corrected chi connectivity index (χ3v) is 3.02. The van der Waals surface area contributed by atoms with Gasteiger partial charge in [-0.25, -0.2) is 4.98 Å². The minimum atomic E-state index is -0.478. The van der Waals surface area contributed by atoms with Crippen LogP contribution in [0, 0.1) is 5.92 Å². The lowest BCUT2D eigenvalue weighted by atomic mass is 9.99. The van der Waals surface area contributed by atoms with E-state index >= 15 is 0 Å². The summed E-state index contributed by atoms with van der Waals surface area (Å²) in [7, 11) is 0. The predicted octanol–water partition coefficient (Wildman–Crippen LogP) is 2.16. The Kier molecular flexibility index (Phi) is 4.89. The van der Waals surface area contributed by atoms with Gasteiger partial charge in [0.05, 0.1) is 17.9 Å². The fourth-order valence-corrected chi connectivity index (χ4v) is 1.42. The average Bonchev–Trinajstić information content (AvgIpc) is 2.30. The molecule has 0 radical (unpaired) electrons. The molecule has 0 spiro atoms. The van der Waals surface area contributed by atoms with Crippen molar-refractivity contribution < 1.29 is 4.79 Å². The highest BCUT2D eigenvalue weighted by Gasteiger charge is 2.19. The molecule has 1 heterocycles. The maximum atomic E-state index is 11.7. The Morgan fingerprint density at radius 3 is 2.81 bits per heavy atom. The Balaban J connectivity index is 2.60. The van der Waals surface area contributed by atoms with Gasteiger partial charge in [0.25, 0.3) is 0 Å². The van der Waals surface area contributed by atoms with Crippen molar-refractivity contribution >= 4 is 27.5 Å². The van der Waals surface area contributed by atoms with Crippen molar-refractivity contribution in [3.63, 3.8) is 0 Å². The molecule has 0 fully saturated rings. The fraction of sp³-hybridized carbons (Fsp3) is 0.455. The van der Waals surface area contributed by atoms with E-state index in [2.05, 4.69) is 26.2 Å². The van der Waals surface area contributed by atoms with Gasteiger partial charge < -0.3 is 11.1 Å². The van der Waals surface area contributed by atoms with Crippen molar-refractivity contribution in [3.05, 3.63) is 22.9 Å². The number of nitrogens with zero attached hydrogens (tertiary/aromatic N) is 1. The van der Waals surface area contributed by atoms with Crippen molar-refractivity contribution in [1.29, 1.82) is 0 Å². The van der Waals surface area contributed by atoms with Crippen LogP contribution in [0.1, 0.15) is 20.3 Å². The summed E-state index contributed by atoms with van der Waals surface area (Å²) in [5.41, 5.74) is 6.47. The maximum absolute atomic E-state index is 11.7. The number of pyridine rings is 1. The van der Waals surface area contributed by atoms with Crippen molar-refractivity contribution in [3.8, 4) is 0 Å². The number of halogens is 1. The molecule has 0 aromatic carbocycles. The highest BCUT2D eigenvalue weighted by Crippen LogP contribution is 2.12. The minimum Gasteiger partial charge on any atom is -0.323 e. The number of amides is 1. The number of carbonyl (C=O) groups excluding carboxylic acids is 1. The van der Waals surface area contributed by atoms with Crippen LogP contribution in [0.2, 0.25) is 0 Å². The van der Waals surface area contributed by atoms with Crippen molar-refractivity contribution in [1.82, 2.24) is 4.98 Å². The number of carbonyl (C=O) groups is 1. The summed E-state index contributed by atoms with van der Waals surface area (Å²) >= 11 is 3.23. The monoisotopic (exact) mass is 285 g/mol. The molecule has 5 heteroatoms. The Morgan fingerprint density at radius 2 is 2.31 bits per heavy atom. The molecular formula is C11H16BrN3O. The van der Waals surface area contributed by atoms with E-state index in [4.69, 9.17) is 5.73 Å².